The van der Waals surface area contributed by atoms with Gasteiger partial charge in [0.2, 0.25) is 11.9 Å². The minimum absolute atomic E-state index is 0.0108. The van der Waals surface area contributed by atoms with Crippen LogP contribution in [0.3, 0.4) is 0 Å². The highest BCUT2D eigenvalue weighted by Crippen LogP contribution is 2.40. The van der Waals surface area contributed by atoms with Crippen LogP contribution in [0.15, 0.2) is 158 Å². The Bertz CT molecular complexity index is 3820. The van der Waals surface area contributed by atoms with E-state index in [4.69, 9.17) is 21.8 Å². The molecule has 0 saturated heterocycles. The van der Waals surface area contributed by atoms with Gasteiger partial charge in [0.25, 0.3) is 0 Å². The number of hydrogen-bond acceptors (Lipinski definition) is 3. The lowest BCUT2D eigenvalue weighted by Gasteiger charge is -2.19. The van der Waals surface area contributed by atoms with Gasteiger partial charge in [0, 0.05) is 37.9 Å². The van der Waals surface area contributed by atoms with Gasteiger partial charge in [-0.2, -0.15) is 15.0 Å². The lowest BCUT2D eigenvalue weighted by atomic mass is 9.85. The number of hydrogen-bond donors (Lipinski definition) is 0. The van der Waals surface area contributed by atoms with Crippen molar-refractivity contribution in [1.29, 1.82) is 0 Å². The summed E-state index contributed by atoms with van der Waals surface area (Å²) >= 11 is 0. The van der Waals surface area contributed by atoms with Crippen molar-refractivity contribution in [2.75, 3.05) is 0 Å². The first kappa shape index (κ1) is 27.6. The average Bonchev–Trinajstić information content (AvgIpc) is 3.95. The lowest BCUT2D eigenvalue weighted by molar-refractivity contribution is 0.590. The SMILES string of the molecule is [2H]c1c([2H])c([2H])c(-n2c3ccc(C(C)(C)C)cc3c3cc(C(C)(C)C)ccc32)c(-c2nc(-n3c4ccccc4c4ccccc43)nc(-n3c4ccccc4c4c([2H])c([2H])c([2H])c([2H])c43)n2)c1[2H]. The molecule has 0 bridgehead atoms. The van der Waals surface area contributed by atoms with Crippen LogP contribution in [0.5, 0.6) is 0 Å². The highest BCUT2D eigenvalue weighted by atomic mass is 15.3. The van der Waals surface area contributed by atoms with E-state index in [1.54, 1.807) is 16.7 Å². The van der Waals surface area contributed by atoms with E-state index in [1.807, 2.05) is 81.9 Å². The van der Waals surface area contributed by atoms with Crippen LogP contribution in [0.2, 0.25) is 0 Å². The second-order valence-corrected chi connectivity index (χ2v) is 17.2. The van der Waals surface area contributed by atoms with Gasteiger partial charge in [-0.25, -0.2) is 0 Å². The normalized spacial score (nSPS) is 14.5. The fourth-order valence-electron chi connectivity index (χ4n) is 8.51. The topological polar surface area (TPSA) is 53.5 Å². The largest absolute Gasteiger partial charge is 0.309 e. The van der Waals surface area contributed by atoms with Crippen LogP contribution in [-0.2, 0) is 10.8 Å². The molecule has 59 heavy (non-hydrogen) atoms. The molecule has 0 saturated carbocycles. The van der Waals surface area contributed by atoms with Crippen LogP contribution in [0.1, 0.15) is 63.6 Å². The Balaban J connectivity index is 1.33. The zero-order valence-corrected chi connectivity index (χ0v) is 33.6. The van der Waals surface area contributed by atoms with E-state index >= 15 is 0 Å². The molecule has 0 spiro atoms. The van der Waals surface area contributed by atoms with Gasteiger partial charge in [0.15, 0.2) is 5.82 Å². The molecule has 0 N–H and O–H groups in total. The molecule has 4 heterocycles. The lowest BCUT2D eigenvalue weighted by Crippen LogP contribution is -2.11. The van der Waals surface area contributed by atoms with Gasteiger partial charge in [0.1, 0.15) is 0 Å². The maximum absolute atomic E-state index is 9.77. The van der Waals surface area contributed by atoms with E-state index in [0.717, 1.165) is 54.7 Å². The summed E-state index contributed by atoms with van der Waals surface area (Å²) in [6, 6.07) is 32.7. The van der Waals surface area contributed by atoms with E-state index < -0.39 is 18.1 Å². The van der Waals surface area contributed by atoms with Crippen LogP contribution in [0.4, 0.5) is 0 Å². The molecular weight excluding hydrogens is 721 g/mol. The summed E-state index contributed by atoms with van der Waals surface area (Å²) in [5, 5.41) is 4.57. The van der Waals surface area contributed by atoms with Gasteiger partial charge >= 0.3 is 0 Å². The van der Waals surface area contributed by atoms with Gasteiger partial charge in [-0.05, 0) is 82.5 Å². The Morgan fingerprint density at radius 3 is 1.39 bits per heavy atom. The van der Waals surface area contributed by atoms with Crippen molar-refractivity contribution in [2.45, 2.75) is 52.4 Å². The average molecular weight is 773 g/mol. The van der Waals surface area contributed by atoms with Crippen molar-refractivity contribution in [3.8, 4) is 29.0 Å². The molecule has 0 aliphatic heterocycles. The second-order valence-electron chi connectivity index (χ2n) is 17.2. The first-order chi connectivity index (χ1) is 31.9. The van der Waals surface area contributed by atoms with Crippen molar-refractivity contribution in [1.82, 2.24) is 28.7 Å². The Labute approximate surface area is 354 Å². The first-order valence-corrected chi connectivity index (χ1v) is 19.8. The summed E-state index contributed by atoms with van der Waals surface area (Å²) in [5.41, 5.74) is 5.69. The van der Waals surface area contributed by atoms with Crippen molar-refractivity contribution in [2.24, 2.45) is 0 Å². The van der Waals surface area contributed by atoms with E-state index in [0.29, 0.717) is 16.3 Å². The molecule has 11 aromatic rings. The van der Waals surface area contributed by atoms with Crippen molar-refractivity contribution < 1.29 is 11.0 Å². The molecule has 0 aliphatic carbocycles. The van der Waals surface area contributed by atoms with E-state index in [9.17, 15) is 4.11 Å². The fraction of sp³-hybridized carbons (Fsp3) is 0.151. The highest BCUT2D eigenvalue weighted by molar-refractivity contribution is 6.11. The maximum Gasteiger partial charge on any atom is 0.240 e. The second kappa shape index (κ2) is 12.7. The van der Waals surface area contributed by atoms with Gasteiger partial charge in [-0.1, -0.05) is 138 Å². The molecule has 0 atom stereocenters. The molecule has 7 aromatic carbocycles. The van der Waals surface area contributed by atoms with Gasteiger partial charge in [-0.15, -0.1) is 0 Å². The smallest absolute Gasteiger partial charge is 0.240 e. The van der Waals surface area contributed by atoms with Crippen LogP contribution >= 0.6 is 0 Å². The standard InChI is InChI=1S/C53H44N6/c1-52(2,3)33-27-29-47-40(31-33)41-32-34(53(4,5)6)28-30-48(41)57(47)46-26-16-11-21-39(46)49-54-50(58-42-22-12-7-17-35(42)36-18-8-13-23-43(36)58)56-51(55-49)59-44-24-14-9-19-37(44)38-20-10-15-25-45(38)59/h7-32H,1-6H3/i7D,11D,12D,16D,17D,21D,22D,26D. The van der Waals surface area contributed by atoms with Gasteiger partial charge in [0.05, 0.1) is 49.8 Å². The van der Waals surface area contributed by atoms with E-state index in [-0.39, 0.29) is 75.5 Å². The molecule has 0 fully saturated rings. The van der Waals surface area contributed by atoms with Crippen molar-refractivity contribution >= 4 is 65.4 Å². The third-order valence-corrected chi connectivity index (χ3v) is 11.5. The summed E-state index contributed by atoms with van der Waals surface area (Å²) in [7, 11) is 0. The van der Waals surface area contributed by atoms with Crippen LogP contribution in [-0.4, -0.2) is 28.7 Å². The molecule has 0 unspecified atom stereocenters. The third kappa shape index (κ3) is 5.43. The van der Waals surface area contributed by atoms with E-state index in [1.165, 1.54) is 0 Å². The minimum Gasteiger partial charge on any atom is -0.309 e. The van der Waals surface area contributed by atoms with Crippen molar-refractivity contribution in [3.63, 3.8) is 0 Å². The van der Waals surface area contributed by atoms with Crippen LogP contribution < -0.4 is 0 Å². The summed E-state index contributed by atoms with van der Waals surface area (Å²) in [6.07, 6.45) is 0. The molecule has 6 nitrogen and oxygen atoms in total. The van der Waals surface area contributed by atoms with E-state index in [2.05, 4.69) is 65.8 Å². The van der Waals surface area contributed by atoms with Gasteiger partial charge in [-0.3, -0.25) is 9.13 Å². The summed E-state index contributed by atoms with van der Waals surface area (Å²) < 4.78 is 79.0. The number of para-hydroxylation sites is 5. The summed E-state index contributed by atoms with van der Waals surface area (Å²) in [6.45, 7) is 13.0. The molecule has 0 radical (unpaired) electrons. The quantitative estimate of drug-likeness (QED) is 0.179. The Morgan fingerprint density at radius 2 is 0.847 bits per heavy atom. The fourth-order valence-corrected chi connectivity index (χ4v) is 8.51. The van der Waals surface area contributed by atoms with Crippen LogP contribution in [0, 0.1) is 0 Å². The predicted octanol–water partition coefficient (Wildman–Crippen LogP) is 13.4. The van der Waals surface area contributed by atoms with Gasteiger partial charge < -0.3 is 4.57 Å². The summed E-state index contributed by atoms with van der Waals surface area (Å²) in [5.74, 6) is 0.0564. The third-order valence-electron chi connectivity index (χ3n) is 11.5. The number of benzene rings is 7. The molecule has 11 rings (SSSR count). The highest BCUT2D eigenvalue weighted by Gasteiger charge is 2.25. The molecule has 286 valence electrons. The van der Waals surface area contributed by atoms with Crippen LogP contribution in [0.25, 0.3) is 94.4 Å². The number of nitrogens with zero attached hydrogens (tertiary/aromatic N) is 6. The Hall–Kier alpha value is -7.05. The number of fused-ring (bicyclic) bond motifs is 9. The molecule has 0 amide bonds. The number of rotatable bonds is 4. The Kier molecular flexibility index (Phi) is 5.94. The van der Waals surface area contributed by atoms with Crippen molar-refractivity contribution in [3.05, 3.63) is 169 Å². The maximum atomic E-state index is 9.77. The predicted molar refractivity (Wildman–Crippen MR) is 246 cm³/mol. The number of aromatic nitrogens is 6. The molecular formula is C53H44N6. The molecule has 4 aromatic heterocycles. The summed E-state index contributed by atoms with van der Waals surface area (Å²) in [4.78, 5) is 15.5. The molecule has 0 aliphatic rings. The zero-order valence-electron chi connectivity index (χ0n) is 41.6. The monoisotopic (exact) mass is 772 g/mol. The minimum atomic E-state index is -0.471. The first-order valence-electron chi connectivity index (χ1n) is 23.8. The molecule has 6 heteroatoms. The Morgan fingerprint density at radius 1 is 0.407 bits per heavy atom. The zero-order chi connectivity index (χ0) is 47.2.